The van der Waals surface area contributed by atoms with Crippen molar-refractivity contribution < 1.29 is 9.84 Å². The van der Waals surface area contributed by atoms with Gasteiger partial charge in [-0.15, -0.1) is 11.3 Å². The molecule has 0 saturated carbocycles. The minimum atomic E-state index is -0.0957. The summed E-state index contributed by atoms with van der Waals surface area (Å²) in [6, 6.07) is 11.8. The minimum absolute atomic E-state index is 0.0573. The quantitative estimate of drug-likeness (QED) is 0.849. The molecule has 4 heteroatoms. The van der Waals surface area contributed by atoms with Crippen LogP contribution in [0.4, 0.5) is 5.69 Å². The van der Waals surface area contributed by atoms with Crippen molar-refractivity contribution in [3.8, 4) is 5.75 Å². The highest BCUT2D eigenvalue weighted by atomic mass is 32.1. The first-order valence-corrected chi connectivity index (χ1v) is 7.19. The zero-order valence-corrected chi connectivity index (χ0v) is 12.0. The van der Waals surface area contributed by atoms with E-state index >= 15 is 0 Å². The normalized spacial score (nSPS) is 12.2. The van der Waals surface area contributed by atoms with Gasteiger partial charge in [0.2, 0.25) is 0 Å². The van der Waals surface area contributed by atoms with Crippen LogP contribution in [0.1, 0.15) is 22.7 Å². The molecule has 0 amide bonds. The molecular weight excluding hydrogens is 258 g/mol. The summed E-state index contributed by atoms with van der Waals surface area (Å²) < 4.78 is 5.31. The first-order valence-electron chi connectivity index (χ1n) is 6.37. The molecule has 2 rings (SSSR count). The highest BCUT2D eigenvalue weighted by molar-refractivity contribution is 7.12. The lowest BCUT2D eigenvalue weighted by atomic mass is 10.2. The fraction of sp³-hybridized carbons (Fsp3) is 0.333. The molecule has 0 aliphatic heterocycles. The third-order valence-corrected chi connectivity index (χ3v) is 4.34. The van der Waals surface area contributed by atoms with Gasteiger partial charge in [0, 0.05) is 9.75 Å². The molecule has 1 atom stereocenters. The number of para-hydroxylation sites is 2. The molecule has 1 heterocycles. The Labute approximate surface area is 117 Å². The second kappa shape index (κ2) is 6.59. The standard InChI is InChI=1S/C15H19NO2S/c1-3-11-8-9-15(19-11)13(10-17)16-12-6-4-5-7-14(12)18-2/h4-9,13,16-17H,3,10H2,1-2H3. The van der Waals surface area contributed by atoms with Gasteiger partial charge in [-0.2, -0.15) is 0 Å². The van der Waals surface area contributed by atoms with Gasteiger partial charge in [-0.1, -0.05) is 19.1 Å². The molecule has 0 bridgehead atoms. The van der Waals surface area contributed by atoms with Crippen LogP contribution < -0.4 is 10.1 Å². The van der Waals surface area contributed by atoms with Crippen LogP contribution in [0.2, 0.25) is 0 Å². The van der Waals surface area contributed by atoms with E-state index in [-0.39, 0.29) is 12.6 Å². The Bertz CT molecular complexity index is 524. The Hall–Kier alpha value is -1.52. The number of anilines is 1. The van der Waals surface area contributed by atoms with Crippen LogP contribution in [0, 0.1) is 0 Å². The van der Waals surface area contributed by atoms with E-state index in [0.717, 1.165) is 22.7 Å². The Morgan fingerprint density at radius 2 is 2.05 bits per heavy atom. The highest BCUT2D eigenvalue weighted by Gasteiger charge is 2.14. The fourth-order valence-electron chi connectivity index (χ4n) is 1.93. The summed E-state index contributed by atoms with van der Waals surface area (Å²) in [4.78, 5) is 2.47. The number of hydrogen-bond acceptors (Lipinski definition) is 4. The number of hydrogen-bond donors (Lipinski definition) is 2. The van der Waals surface area contributed by atoms with Gasteiger partial charge in [0.1, 0.15) is 5.75 Å². The highest BCUT2D eigenvalue weighted by Crippen LogP contribution is 2.30. The number of aliphatic hydroxyl groups excluding tert-OH is 1. The topological polar surface area (TPSA) is 41.5 Å². The first kappa shape index (κ1) is 13.9. The minimum Gasteiger partial charge on any atom is -0.495 e. The lowest BCUT2D eigenvalue weighted by molar-refractivity contribution is 0.277. The van der Waals surface area contributed by atoms with Crippen molar-refractivity contribution in [1.82, 2.24) is 0 Å². The second-order valence-electron chi connectivity index (χ2n) is 4.24. The Balaban J connectivity index is 2.18. The van der Waals surface area contributed by atoms with Gasteiger partial charge in [0.25, 0.3) is 0 Å². The Kier molecular flexibility index (Phi) is 4.82. The van der Waals surface area contributed by atoms with Crippen LogP contribution in [0.25, 0.3) is 0 Å². The number of aliphatic hydroxyl groups is 1. The van der Waals surface area contributed by atoms with Gasteiger partial charge in [0.05, 0.1) is 25.4 Å². The molecule has 0 spiro atoms. The average Bonchev–Trinajstić information content (AvgIpc) is 2.93. The average molecular weight is 277 g/mol. The lowest BCUT2D eigenvalue weighted by Gasteiger charge is -2.18. The predicted molar refractivity (Wildman–Crippen MR) is 80.1 cm³/mol. The number of rotatable bonds is 6. The van der Waals surface area contributed by atoms with Crippen LogP contribution >= 0.6 is 11.3 Å². The maximum Gasteiger partial charge on any atom is 0.141 e. The Morgan fingerprint density at radius 1 is 1.26 bits per heavy atom. The molecule has 0 fully saturated rings. The number of ether oxygens (including phenoxy) is 1. The molecule has 19 heavy (non-hydrogen) atoms. The lowest BCUT2D eigenvalue weighted by Crippen LogP contribution is -2.14. The number of aryl methyl sites for hydroxylation is 1. The zero-order valence-electron chi connectivity index (χ0n) is 11.2. The summed E-state index contributed by atoms with van der Waals surface area (Å²) >= 11 is 1.73. The molecule has 1 aromatic carbocycles. The third kappa shape index (κ3) is 3.28. The van der Waals surface area contributed by atoms with Gasteiger partial charge >= 0.3 is 0 Å². The third-order valence-electron chi connectivity index (χ3n) is 2.99. The Morgan fingerprint density at radius 3 is 2.68 bits per heavy atom. The van der Waals surface area contributed by atoms with Crippen LogP contribution in [-0.4, -0.2) is 18.8 Å². The van der Waals surface area contributed by atoms with E-state index in [1.807, 2.05) is 24.3 Å². The molecule has 0 aliphatic carbocycles. The summed E-state index contributed by atoms with van der Waals surface area (Å²) in [5.41, 5.74) is 0.899. The van der Waals surface area contributed by atoms with Gasteiger partial charge in [-0.3, -0.25) is 0 Å². The van der Waals surface area contributed by atoms with E-state index < -0.39 is 0 Å². The molecule has 1 aromatic heterocycles. The number of methoxy groups -OCH3 is 1. The molecule has 1 unspecified atom stereocenters. The SMILES string of the molecule is CCc1ccc(C(CO)Nc2ccccc2OC)s1. The number of nitrogens with one attached hydrogen (secondary N) is 1. The fourth-order valence-corrected chi connectivity index (χ4v) is 2.93. The smallest absolute Gasteiger partial charge is 0.141 e. The molecular formula is C15H19NO2S. The maximum absolute atomic E-state index is 9.59. The summed E-state index contributed by atoms with van der Waals surface area (Å²) in [6.45, 7) is 2.19. The van der Waals surface area contributed by atoms with Crippen LogP contribution in [0.3, 0.4) is 0 Å². The molecule has 3 nitrogen and oxygen atoms in total. The molecule has 0 radical (unpaired) electrons. The summed E-state index contributed by atoms with van der Waals surface area (Å²) in [5.74, 6) is 0.785. The zero-order chi connectivity index (χ0) is 13.7. The van der Waals surface area contributed by atoms with Gasteiger partial charge < -0.3 is 15.2 Å². The predicted octanol–water partition coefficient (Wildman–Crippen LogP) is 3.46. The summed E-state index contributed by atoms with van der Waals surface area (Å²) in [5, 5.41) is 12.9. The van der Waals surface area contributed by atoms with E-state index in [0.29, 0.717) is 0 Å². The van der Waals surface area contributed by atoms with E-state index in [2.05, 4.69) is 24.4 Å². The van der Waals surface area contributed by atoms with Crippen LogP contribution in [-0.2, 0) is 6.42 Å². The van der Waals surface area contributed by atoms with Crippen LogP contribution in [0.5, 0.6) is 5.75 Å². The molecule has 0 aliphatic rings. The van der Waals surface area contributed by atoms with Crippen LogP contribution in [0.15, 0.2) is 36.4 Å². The van der Waals surface area contributed by atoms with Gasteiger partial charge in [-0.25, -0.2) is 0 Å². The van der Waals surface area contributed by atoms with Crippen molar-refractivity contribution in [1.29, 1.82) is 0 Å². The largest absolute Gasteiger partial charge is 0.495 e. The first-order chi connectivity index (χ1) is 9.28. The number of benzene rings is 1. The molecule has 102 valence electrons. The van der Waals surface area contributed by atoms with Crippen molar-refractivity contribution in [2.24, 2.45) is 0 Å². The maximum atomic E-state index is 9.59. The van der Waals surface area contributed by atoms with Crippen molar-refractivity contribution in [3.05, 3.63) is 46.2 Å². The van der Waals surface area contributed by atoms with Crippen molar-refractivity contribution in [3.63, 3.8) is 0 Å². The molecule has 2 aromatic rings. The van der Waals surface area contributed by atoms with E-state index in [9.17, 15) is 5.11 Å². The van der Waals surface area contributed by atoms with Crippen molar-refractivity contribution >= 4 is 17.0 Å². The summed E-state index contributed by atoms with van der Waals surface area (Å²) in [6.07, 6.45) is 1.03. The van der Waals surface area contributed by atoms with E-state index in [4.69, 9.17) is 4.74 Å². The van der Waals surface area contributed by atoms with Gasteiger partial charge in [-0.05, 0) is 30.7 Å². The monoisotopic (exact) mass is 277 g/mol. The molecule has 0 saturated heterocycles. The van der Waals surface area contributed by atoms with Crippen molar-refractivity contribution in [2.45, 2.75) is 19.4 Å². The number of thiophene rings is 1. The summed E-state index contributed by atoms with van der Waals surface area (Å²) in [7, 11) is 1.65. The second-order valence-corrected chi connectivity index (χ2v) is 5.44. The molecule has 2 N–H and O–H groups in total. The van der Waals surface area contributed by atoms with E-state index in [1.54, 1.807) is 18.4 Å². The van der Waals surface area contributed by atoms with E-state index in [1.165, 1.54) is 4.88 Å². The van der Waals surface area contributed by atoms with Gasteiger partial charge in [0.15, 0.2) is 0 Å². The van der Waals surface area contributed by atoms with Crippen molar-refractivity contribution in [2.75, 3.05) is 19.0 Å².